The van der Waals surface area contributed by atoms with E-state index in [1.807, 2.05) is 13.0 Å². The lowest BCUT2D eigenvalue weighted by molar-refractivity contribution is -0.695. The number of hydrogen-bond donors (Lipinski definition) is 2. The average Bonchev–Trinajstić information content (AvgIpc) is 2.23. The first-order valence-corrected chi connectivity index (χ1v) is 9.28. The van der Waals surface area contributed by atoms with Crippen molar-refractivity contribution in [2.75, 3.05) is 6.66 Å². The summed E-state index contributed by atoms with van der Waals surface area (Å²) >= 11 is 0. The zero-order valence-corrected chi connectivity index (χ0v) is 12.1. The van der Waals surface area contributed by atoms with Crippen LogP contribution in [0.4, 0.5) is 0 Å². The number of rotatable bonds is 5. The van der Waals surface area contributed by atoms with E-state index < -0.39 is 20.4 Å². The molecule has 0 radical (unpaired) electrons. The molecule has 6 nitrogen and oxygen atoms in total. The fraction of sp³-hybridized carbons (Fsp3) is 0.500. The van der Waals surface area contributed by atoms with Crippen molar-refractivity contribution in [2.24, 2.45) is 0 Å². The van der Waals surface area contributed by atoms with Crippen LogP contribution in [0.25, 0.3) is 0 Å². The first kappa shape index (κ1) is 15.5. The average molecular weight is 293 g/mol. The van der Waals surface area contributed by atoms with Gasteiger partial charge in [-0.15, -0.1) is 0 Å². The molecule has 2 N–H and O–H groups in total. The first-order chi connectivity index (χ1) is 8.14. The van der Waals surface area contributed by atoms with Gasteiger partial charge in [0, 0.05) is 19.0 Å². The van der Waals surface area contributed by atoms with Crippen LogP contribution < -0.4 is 9.46 Å². The van der Waals surface area contributed by atoms with Crippen LogP contribution in [0.3, 0.4) is 0 Å². The van der Waals surface area contributed by atoms with Gasteiger partial charge in [0.1, 0.15) is 0 Å². The van der Waals surface area contributed by atoms with E-state index in [-0.39, 0.29) is 6.54 Å². The summed E-state index contributed by atoms with van der Waals surface area (Å²) in [6, 6.07) is 3.59. The summed E-state index contributed by atoms with van der Waals surface area (Å²) in [5, 5.41) is -1.68. The van der Waals surface area contributed by atoms with E-state index in [1.54, 1.807) is 18.5 Å². The maximum absolute atomic E-state index is 11.5. The molecule has 8 heteroatoms. The second kappa shape index (κ2) is 5.64. The van der Waals surface area contributed by atoms with Gasteiger partial charge < -0.3 is 19.2 Å². The molecule has 1 aromatic heterocycles. The molecule has 2 unspecified atom stereocenters. The van der Waals surface area contributed by atoms with Crippen molar-refractivity contribution in [3.8, 4) is 0 Å². The predicted octanol–water partition coefficient (Wildman–Crippen LogP) is 0.308. The van der Waals surface area contributed by atoms with E-state index in [0.29, 0.717) is 0 Å². The van der Waals surface area contributed by atoms with Crippen molar-refractivity contribution < 1.29 is 28.4 Å². The summed E-state index contributed by atoms with van der Waals surface area (Å²) in [6.45, 7) is 2.56. The van der Waals surface area contributed by atoms with Crippen LogP contribution in [0.5, 0.6) is 0 Å². The van der Waals surface area contributed by atoms with E-state index in [0.717, 1.165) is 18.6 Å². The van der Waals surface area contributed by atoms with Gasteiger partial charge in [-0.2, -0.15) is 0 Å². The Kier molecular flexibility index (Phi) is 4.87. The van der Waals surface area contributed by atoms with Crippen LogP contribution in [0, 0.1) is 0 Å². The molecule has 0 spiro atoms. The van der Waals surface area contributed by atoms with Gasteiger partial charge in [-0.05, 0) is 19.2 Å². The summed E-state index contributed by atoms with van der Waals surface area (Å²) in [7, 11) is -8.80. The predicted molar refractivity (Wildman–Crippen MR) is 65.4 cm³/mol. The van der Waals surface area contributed by atoms with E-state index >= 15 is 0 Å². The minimum Gasteiger partial charge on any atom is -0.799 e. The first-order valence-electron chi connectivity index (χ1n) is 5.46. The normalized spacial score (nSPS) is 17.2. The number of pyridine rings is 1. The molecule has 18 heavy (non-hydrogen) atoms. The molecule has 2 atom stereocenters. The quantitative estimate of drug-likeness (QED) is 0.601. The van der Waals surface area contributed by atoms with Crippen molar-refractivity contribution in [3.05, 3.63) is 30.1 Å². The Morgan fingerprint density at radius 1 is 1.44 bits per heavy atom. The SMILES string of the molecule is CCc1ccc[n+](CC(P(C)(=O)[O-])P(=O)(O)O)c1. The third kappa shape index (κ3) is 4.30. The minimum absolute atomic E-state index is 0.241. The summed E-state index contributed by atoms with van der Waals surface area (Å²) in [5.74, 6) is 0. The zero-order valence-electron chi connectivity index (χ0n) is 10.3. The molecular weight excluding hydrogens is 276 g/mol. The van der Waals surface area contributed by atoms with Gasteiger partial charge in [0.25, 0.3) is 0 Å². The number of nitrogens with zero attached hydrogens (tertiary/aromatic N) is 1. The molecule has 1 aromatic rings. The number of hydrogen-bond acceptors (Lipinski definition) is 3. The Labute approximate surface area is 106 Å². The van der Waals surface area contributed by atoms with Crippen LogP contribution in [0.2, 0.25) is 0 Å². The van der Waals surface area contributed by atoms with Crippen LogP contribution in [-0.2, 0) is 22.1 Å². The molecule has 0 aliphatic rings. The lowest BCUT2D eigenvalue weighted by Gasteiger charge is -2.27. The largest absolute Gasteiger partial charge is 0.799 e. The molecule has 102 valence electrons. The molecule has 0 aliphatic heterocycles. The maximum atomic E-state index is 11.5. The highest BCUT2D eigenvalue weighted by Crippen LogP contribution is 2.57. The molecule has 0 fully saturated rings. The van der Waals surface area contributed by atoms with Crippen molar-refractivity contribution in [1.29, 1.82) is 0 Å². The lowest BCUT2D eigenvalue weighted by atomic mass is 10.2. The Hall–Kier alpha value is -0.510. The summed E-state index contributed by atoms with van der Waals surface area (Å²) in [5.41, 5.74) is 0.971. The van der Waals surface area contributed by atoms with Crippen LogP contribution in [-0.4, -0.2) is 21.9 Å². The molecular formula is C10H17NO5P2. The second-order valence-corrected chi connectivity index (χ2v) is 8.89. The van der Waals surface area contributed by atoms with Crippen molar-refractivity contribution >= 4 is 15.0 Å². The smallest absolute Gasteiger partial charge is 0.341 e. The molecule has 0 saturated carbocycles. The van der Waals surface area contributed by atoms with E-state index in [4.69, 9.17) is 9.79 Å². The van der Waals surface area contributed by atoms with Crippen molar-refractivity contribution in [2.45, 2.75) is 25.3 Å². The van der Waals surface area contributed by atoms with Gasteiger partial charge in [-0.3, -0.25) is 4.57 Å². The Balaban J connectivity index is 3.04. The van der Waals surface area contributed by atoms with E-state index in [1.165, 1.54) is 4.57 Å². The fourth-order valence-corrected chi connectivity index (χ4v) is 4.69. The standard InChI is InChI=1S/C10H17NO5P2/c1-3-9-5-4-6-11(7-9)8-10(17(2,12)13)18(14,15)16/h4-7,10H,3,8H2,1-2H3,(H2-,12,13,14,15,16). The van der Waals surface area contributed by atoms with E-state index in [9.17, 15) is 14.0 Å². The number of aromatic nitrogens is 1. The molecule has 0 amide bonds. The molecule has 1 heterocycles. The highest BCUT2D eigenvalue weighted by Gasteiger charge is 2.38. The van der Waals surface area contributed by atoms with Gasteiger partial charge in [0.05, 0.1) is 0 Å². The van der Waals surface area contributed by atoms with Crippen molar-refractivity contribution in [3.63, 3.8) is 0 Å². The minimum atomic E-state index is -4.68. The molecule has 0 aromatic carbocycles. The monoisotopic (exact) mass is 293 g/mol. The van der Waals surface area contributed by atoms with Gasteiger partial charge in [0.2, 0.25) is 0 Å². The Bertz CT molecular complexity index is 485. The summed E-state index contributed by atoms with van der Waals surface area (Å²) in [6.07, 6.45) is 4.05. The van der Waals surface area contributed by atoms with E-state index in [2.05, 4.69) is 0 Å². The van der Waals surface area contributed by atoms with Gasteiger partial charge in [-0.25, -0.2) is 4.57 Å². The fourth-order valence-electron chi connectivity index (χ4n) is 1.62. The second-order valence-electron chi connectivity index (χ2n) is 4.24. The third-order valence-corrected chi connectivity index (χ3v) is 6.98. The number of aryl methyl sites for hydroxylation is 1. The zero-order chi connectivity index (χ0) is 14.0. The van der Waals surface area contributed by atoms with Gasteiger partial charge >= 0.3 is 7.60 Å². The highest BCUT2D eigenvalue weighted by molar-refractivity contribution is 7.72. The van der Waals surface area contributed by atoms with Crippen LogP contribution in [0.1, 0.15) is 12.5 Å². The molecule has 0 bridgehead atoms. The summed E-state index contributed by atoms with van der Waals surface area (Å²) < 4.78 is 24.2. The lowest BCUT2D eigenvalue weighted by Crippen LogP contribution is -2.40. The van der Waals surface area contributed by atoms with Crippen molar-refractivity contribution in [1.82, 2.24) is 0 Å². The van der Waals surface area contributed by atoms with Gasteiger partial charge in [-0.1, -0.05) is 6.92 Å². The highest BCUT2D eigenvalue weighted by atomic mass is 31.2. The molecule has 0 aliphatic carbocycles. The summed E-state index contributed by atoms with van der Waals surface area (Å²) in [4.78, 5) is 29.7. The van der Waals surface area contributed by atoms with Crippen LogP contribution in [0.15, 0.2) is 24.5 Å². The maximum Gasteiger partial charge on any atom is 0.341 e. The third-order valence-electron chi connectivity index (χ3n) is 2.63. The molecule has 1 rings (SSSR count). The Morgan fingerprint density at radius 2 is 2.06 bits per heavy atom. The van der Waals surface area contributed by atoms with Crippen LogP contribution >= 0.6 is 15.0 Å². The molecule has 0 saturated heterocycles. The Morgan fingerprint density at radius 3 is 2.50 bits per heavy atom. The topological polar surface area (TPSA) is 102 Å². The van der Waals surface area contributed by atoms with Gasteiger partial charge in [0.15, 0.2) is 24.3 Å².